The van der Waals surface area contributed by atoms with Gasteiger partial charge in [0, 0.05) is 12.8 Å². The Kier molecular flexibility index (Phi) is 2.45. The Morgan fingerprint density at radius 3 is 2.82 bits per heavy atom. The van der Waals surface area contributed by atoms with E-state index in [4.69, 9.17) is 0 Å². The monoisotopic (exact) mass is 158 g/mol. The van der Waals surface area contributed by atoms with Gasteiger partial charge in [-0.15, -0.1) is 5.73 Å². The van der Waals surface area contributed by atoms with Crippen molar-refractivity contribution in [3.05, 3.63) is 18.4 Å². The van der Waals surface area contributed by atoms with Gasteiger partial charge in [-0.25, -0.2) is 8.78 Å². The lowest BCUT2D eigenvalue weighted by atomic mass is 9.87. The molecule has 62 valence electrons. The van der Waals surface area contributed by atoms with E-state index in [1.54, 1.807) is 6.08 Å². The van der Waals surface area contributed by atoms with Gasteiger partial charge in [0.25, 0.3) is 0 Å². The molecular formula is C9H12F2. The molecule has 1 saturated carbocycles. The van der Waals surface area contributed by atoms with Crippen LogP contribution < -0.4 is 0 Å². The van der Waals surface area contributed by atoms with Gasteiger partial charge in [-0.05, 0) is 24.8 Å². The molecule has 0 aromatic carbocycles. The maximum absolute atomic E-state index is 12.7. The van der Waals surface area contributed by atoms with Crippen LogP contribution in [-0.4, -0.2) is 5.92 Å². The summed E-state index contributed by atoms with van der Waals surface area (Å²) in [6.07, 6.45) is 3.17. The third-order valence-corrected chi connectivity index (χ3v) is 2.03. The van der Waals surface area contributed by atoms with Crippen LogP contribution in [-0.2, 0) is 0 Å². The molecule has 1 aliphatic rings. The van der Waals surface area contributed by atoms with Gasteiger partial charge in [0.05, 0.1) is 0 Å². The van der Waals surface area contributed by atoms with Crippen molar-refractivity contribution in [2.24, 2.45) is 5.92 Å². The van der Waals surface area contributed by atoms with Crippen molar-refractivity contribution in [3.63, 3.8) is 0 Å². The van der Waals surface area contributed by atoms with E-state index in [0.29, 0.717) is 6.42 Å². The average molecular weight is 158 g/mol. The molecule has 0 heterocycles. The Labute approximate surface area is 65.6 Å². The van der Waals surface area contributed by atoms with Crippen molar-refractivity contribution in [2.45, 2.75) is 31.6 Å². The molecule has 1 fully saturated rings. The van der Waals surface area contributed by atoms with Crippen LogP contribution in [0.25, 0.3) is 0 Å². The number of rotatable bonds is 1. The van der Waals surface area contributed by atoms with E-state index in [1.165, 1.54) is 0 Å². The standard InChI is InChI=1S/C9H12F2/c1-2-4-8-5-3-6-9(10,11)7-8/h4,8H,1,3,5-7H2. The lowest BCUT2D eigenvalue weighted by Gasteiger charge is -2.26. The number of halogens is 2. The fourth-order valence-electron chi connectivity index (χ4n) is 1.52. The fourth-order valence-corrected chi connectivity index (χ4v) is 1.52. The molecule has 1 atom stereocenters. The number of allylic oxidation sites excluding steroid dienone is 1. The summed E-state index contributed by atoms with van der Waals surface area (Å²) < 4.78 is 25.4. The van der Waals surface area contributed by atoms with Crippen LogP contribution in [0.4, 0.5) is 8.78 Å². The molecule has 1 unspecified atom stereocenters. The lowest BCUT2D eigenvalue weighted by molar-refractivity contribution is -0.0452. The normalized spacial score (nSPS) is 29.1. The SMILES string of the molecule is C=C=CC1CCCC(F)(F)C1. The minimum atomic E-state index is -2.45. The number of hydrogen-bond donors (Lipinski definition) is 0. The fraction of sp³-hybridized carbons (Fsp3) is 0.667. The second kappa shape index (κ2) is 3.19. The quantitative estimate of drug-likeness (QED) is 0.514. The molecule has 0 saturated heterocycles. The summed E-state index contributed by atoms with van der Waals surface area (Å²) in [7, 11) is 0. The molecule has 0 N–H and O–H groups in total. The van der Waals surface area contributed by atoms with E-state index < -0.39 is 5.92 Å². The Balaban J connectivity index is 2.52. The molecule has 0 nitrogen and oxygen atoms in total. The summed E-state index contributed by atoms with van der Waals surface area (Å²) in [6, 6.07) is 0. The van der Waals surface area contributed by atoms with Gasteiger partial charge >= 0.3 is 0 Å². The van der Waals surface area contributed by atoms with Crippen LogP contribution in [0.1, 0.15) is 25.7 Å². The predicted molar refractivity (Wildman–Crippen MR) is 40.6 cm³/mol. The molecule has 0 amide bonds. The zero-order chi connectivity index (χ0) is 8.32. The largest absolute Gasteiger partial charge is 0.248 e. The summed E-state index contributed by atoms with van der Waals surface area (Å²) in [5, 5.41) is 0. The predicted octanol–water partition coefficient (Wildman–Crippen LogP) is 3.15. The molecule has 0 aliphatic heterocycles. The van der Waals surface area contributed by atoms with Crippen molar-refractivity contribution in [1.29, 1.82) is 0 Å². The highest BCUT2D eigenvalue weighted by Gasteiger charge is 2.34. The van der Waals surface area contributed by atoms with E-state index in [2.05, 4.69) is 12.3 Å². The summed E-state index contributed by atoms with van der Waals surface area (Å²) in [5.41, 5.74) is 2.57. The average Bonchev–Trinajstić information content (AvgIpc) is 1.85. The Hall–Kier alpha value is -0.620. The molecule has 11 heavy (non-hydrogen) atoms. The second-order valence-electron chi connectivity index (χ2n) is 3.08. The molecule has 0 spiro atoms. The van der Waals surface area contributed by atoms with Gasteiger partial charge in [-0.2, -0.15) is 0 Å². The Bertz CT molecular complexity index is 178. The third kappa shape index (κ3) is 2.47. The topological polar surface area (TPSA) is 0 Å². The summed E-state index contributed by atoms with van der Waals surface area (Å²) in [6.45, 7) is 3.38. The van der Waals surface area contributed by atoms with Gasteiger partial charge in [-0.3, -0.25) is 0 Å². The van der Waals surface area contributed by atoms with Crippen molar-refractivity contribution in [2.75, 3.05) is 0 Å². The third-order valence-electron chi connectivity index (χ3n) is 2.03. The highest BCUT2D eigenvalue weighted by Crippen LogP contribution is 2.36. The van der Waals surface area contributed by atoms with E-state index in [0.717, 1.165) is 6.42 Å². The first-order valence-electron chi connectivity index (χ1n) is 3.88. The first kappa shape index (κ1) is 8.48. The summed E-state index contributed by atoms with van der Waals surface area (Å²) in [5.74, 6) is -2.45. The summed E-state index contributed by atoms with van der Waals surface area (Å²) >= 11 is 0. The minimum Gasteiger partial charge on any atom is -0.207 e. The molecule has 0 aromatic rings. The van der Waals surface area contributed by atoms with E-state index >= 15 is 0 Å². The highest BCUT2D eigenvalue weighted by molar-refractivity contribution is 4.90. The van der Waals surface area contributed by atoms with E-state index in [9.17, 15) is 8.78 Å². The molecule has 0 radical (unpaired) electrons. The van der Waals surface area contributed by atoms with Gasteiger partial charge in [-0.1, -0.05) is 6.58 Å². The zero-order valence-electron chi connectivity index (χ0n) is 6.45. The Morgan fingerprint density at radius 1 is 1.55 bits per heavy atom. The molecule has 0 bridgehead atoms. The summed E-state index contributed by atoms with van der Waals surface area (Å²) in [4.78, 5) is 0. The van der Waals surface area contributed by atoms with Crippen LogP contribution in [0.3, 0.4) is 0 Å². The molecule has 1 rings (SSSR count). The van der Waals surface area contributed by atoms with Gasteiger partial charge in [0.2, 0.25) is 5.92 Å². The van der Waals surface area contributed by atoms with Crippen molar-refractivity contribution in [1.82, 2.24) is 0 Å². The lowest BCUT2D eigenvalue weighted by Crippen LogP contribution is -2.24. The molecular weight excluding hydrogens is 146 g/mol. The number of hydrogen-bond acceptors (Lipinski definition) is 0. The number of alkyl halides is 2. The van der Waals surface area contributed by atoms with Crippen molar-refractivity contribution >= 4 is 0 Å². The van der Waals surface area contributed by atoms with Crippen LogP contribution in [0.2, 0.25) is 0 Å². The minimum absolute atomic E-state index is 0.00347. The highest BCUT2D eigenvalue weighted by atomic mass is 19.3. The molecule has 2 heteroatoms. The maximum Gasteiger partial charge on any atom is 0.248 e. The van der Waals surface area contributed by atoms with E-state index in [-0.39, 0.29) is 18.8 Å². The molecule has 0 aromatic heterocycles. The van der Waals surface area contributed by atoms with Crippen LogP contribution >= 0.6 is 0 Å². The first-order valence-corrected chi connectivity index (χ1v) is 3.88. The smallest absolute Gasteiger partial charge is 0.207 e. The zero-order valence-corrected chi connectivity index (χ0v) is 6.45. The van der Waals surface area contributed by atoms with Crippen LogP contribution in [0, 0.1) is 5.92 Å². The van der Waals surface area contributed by atoms with Crippen molar-refractivity contribution in [3.8, 4) is 0 Å². The molecule has 1 aliphatic carbocycles. The van der Waals surface area contributed by atoms with Crippen LogP contribution in [0.5, 0.6) is 0 Å². The Morgan fingerprint density at radius 2 is 2.27 bits per heavy atom. The van der Waals surface area contributed by atoms with E-state index in [1.807, 2.05) is 0 Å². The van der Waals surface area contributed by atoms with Crippen LogP contribution in [0.15, 0.2) is 18.4 Å². The maximum atomic E-state index is 12.7. The first-order chi connectivity index (χ1) is 5.14. The van der Waals surface area contributed by atoms with Gasteiger partial charge < -0.3 is 0 Å². The van der Waals surface area contributed by atoms with Gasteiger partial charge in [0.1, 0.15) is 0 Å². The second-order valence-corrected chi connectivity index (χ2v) is 3.08. The van der Waals surface area contributed by atoms with Gasteiger partial charge in [0.15, 0.2) is 0 Å². The van der Waals surface area contributed by atoms with Crippen molar-refractivity contribution < 1.29 is 8.78 Å².